The molecule has 0 aliphatic rings. The van der Waals surface area contributed by atoms with E-state index in [1.165, 1.54) is 0 Å². The second-order valence-electron chi connectivity index (χ2n) is 6.90. The maximum Gasteiger partial charge on any atom is 0.304 e. The predicted octanol–water partition coefficient (Wildman–Crippen LogP) is 2.63. The number of hydrogen-bond acceptors (Lipinski definition) is 2. The highest BCUT2D eigenvalue weighted by molar-refractivity contribution is 5.98. The molecule has 0 unspecified atom stereocenters. The van der Waals surface area contributed by atoms with Crippen molar-refractivity contribution >= 4 is 11.7 Å². The molecule has 3 aromatic rings. The van der Waals surface area contributed by atoms with E-state index in [-0.39, 0.29) is 0 Å². The topological polar surface area (TPSA) is 40.0 Å². The van der Waals surface area contributed by atoms with Gasteiger partial charge in [0.15, 0.2) is 24.1 Å². The van der Waals surface area contributed by atoms with Crippen molar-refractivity contribution in [2.75, 3.05) is 28.2 Å². The molecule has 144 valence electrons. The molecule has 6 nitrogen and oxygen atoms in total. The van der Waals surface area contributed by atoms with Crippen LogP contribution in [0.3, 0.4) is 0 Å². The van der Waals surface area contributed by atoms with E-state index >= 15 is 0 Å². The van der Waals surface area contributed by atoms with Gasteiger partial charge in [0, 0.05) is 46.2 Å². The van der Waals surface area contributed by atoms with E-state index in [1.54, 1.807) is 0 Å². The van der Waals surface area contributed by atoms with Crippen molar-refractivity contribution in [3.63, 3.8) is 0 Å². The smallest absolute Gasteiger partial charge is 0.304 e. The molecule has 0 saturated heterocycles. The number of nitrogens with zero attached hydrogens (tertiary/aromatic N) is 6. The van der Waals surface area contributed by atoms with Crippen molar-refractivity contribution in [1.29, 1.82) is 0 Å². The van der Waals surface area contributed by atoms with Gasteiger partial charge in [0.05, 0.1) is 0 Å². The minimum atomic E-state index is 0.881. The summed E-state index contributed by atoms with van der Waals surface area (Å²) >= 11 is 0. The van der Waals surface area contributed by atoms with Crippen molar-refractivity contribution in [3.8, 4) is 0 Å². The molecule has 0 spiro atoms. The van der Waals surface area contributed by atoms with E-state index in [9.17, 15) is 0 Å². The van der Waals surface area contributed by atoms with Gasteiger partial charge in [0.2, 0.25) is 0 Å². The Kier molecular flexibility index (Phi) is 5.89. The molecule has 0 aliphatic heterocycles. The van der Waals surface area contributed by atoms with E-state index in [1.807, 2.05) is 103 Å². The Morgan fingerprint density at radius 3 is 1.79 bits per heavy atom. The van der Waals surface area contributed by atoms with Crippen molar-refractivity contribution in [2.45, 2.75) is 6.92 Å². The van der Waals surface area contributed by atoms with Gasteiger partial charge in [-0.1, -0.05) is 70.9 Å². The zero-order valence-electron chi connectivity index (χ0n) is 17.1. The van der Waals surface area contributed by atoms with Gasteiger partial charge in [-0.05, 0) is 0 Å². The molecule has 0 aliphatic carbocycles. The molecule has 6 heteroatoms. The summed E-state index contributed by atoms with van der Waals surface area (Å²) in [6.45, 7) is 2.00. The van der Waals surface area contributed by atoms with E-state index < -0.39 is 0 Å². The standard InChI is InChI=1S/C22H27N6/c1-18-27(23-21(25(2)3)19-12-8-6-9-13-19)16-17-28(18)24-22(26(4)5)20-14-10-7-11-15-20/h6-17H,1-5H3/q+1. The third-order valence-electron chi connectivity index (χ3n) is 4.33. The fourth-order valence-electron chi connectivity index (χ4n) is 2.85. The maximum absolute atomic E-state index is 4.83. The van der Waals surface area contributed by atoms with Gasteiger partial charge in [-0.25, -0.2) is 0 Å². The van der Waals surface area contributed by atoms with Crippen LogP contribution in [-0.4, -0.2) is 54.3 Å². The first-order valence-electron chi connectivity index (χ1n) is 9.20. The second kappa shape index (κ2) is 8.52. The quantitative estimate of drug-likeness (QED) is 0.400. The van der Waals surface area contributed by atoms with Gasteiger partial charge in [-0.15, -0.1) is 9.35 Å². The van der Waals surface area contributed by atoms with E-state index in [0.717, 1.165) is 28.6 Å². The Hall–Kier alpha value is -3.41. The predicted molar refractivity (Wildman–Crippen MR) is 113 cm³/mol. The molecular weight excluding hydrogens is 348 g/mol. The zero-order chi connectivity index (χ0) is 20.1. The molecule has 1 aromatic heterocycles. The lowest BCUT2D eigenvalue weighted by Gasteiger charge is -2.14. The van der Waals surface area contributed by atoms with Gasteiger partial charge in [0.1, 0.15) is 0 Å². The molecule has 0 radical (unpaired) electrons. The first kappa shape index (κ1) is 19.4. The fourth-order valence-corrected chi connectivity index (χ4v) is 2.85. The van der Waals surface area contributed by atoms with Crippen LogP contribution in [0.2, 0.25) is 0 Å². The van der Waals surface area contributed by atoms with Crippen LogP contribution in [0.15, 0.2) is 83.3 Å². The van der Waals surface area contributed by atoms with Crippen LogP contribution in [0, 0.1) is 6.92 Å². The number of amidine groups is 2. The molecule has 28 heavy (non-hydrogen) atoms. The molecule has 1 heterocycles. The molecular formula is C22H27N6+. The van der Waals surface area contributed by atoms with Crippen LogP contribution in [0.4, 0.5) is 0 Å². The second-order valence-corrected chi connectivity index (χ2v) is 6.90. The molecule has 0 saturated carbocycles. The first-order chi connectivity index (χ1) is 13.5. The van der Waals surface area contributed by atoms with Crippen molar-refractivity contribution in [2.24, 2.45) is 10.2 Å². The average molecular weight is 376 g/mol. The Morgan fingerprint density at radius 1 is 0.786 bits per heavy atom. The van der Waals surface area contributed by atoms with Crippen LogP contribution in [0.5, 0.6) is 0 Å². The van der Waals surface area contributed by atoms with Crippen LogP contribution in [0.1, 0.15) is 17.0 Å². The van der Waals surface area contributed by atoms with E-state index in [2.05, 4.69) is 24.3 Å². The van der Waals surface area contributed by atoms with Crippen molar-refractivity contribution in [3.05, 3.63) is 90.0 Å². The largest absolute Gasteiger partial charge is 0.359 e. The minimum Gasteiger partial charge on any atom is -0.359 e. The zero-order valence-corrected chi connectivity index (χ0v) is 17.1. The van der Waals surface area contributed by atoms with Gasteiger partial charge in [0.25, 0.3) is 0 Å². The number of hydrogen-bond donors (Lipinski definition) is 0. The molecule has 0 N–H and O–H groups in total. The number of aromatic nitrogens is 2. The van der Waals surface area contributed by atoms with E-state index in [0.29, 0.717) is 0 Å². The van der Waals surface area contributed by atoms with Crippen LogP contribution < -0.4 is 4.68 Å². The van der Waals surface area contributed by atoms with Gasteiger partial charge in [-0.3, -0.25) is 0 Å². The van der Waals surface area contributed by atoms with Crippen molar-refractivity contribution in [1.82, 2.24) is 14.5 Å². The maximum atomic E-state index is 4.83. The summed E-state index contributed by atoms with van der Waals surface area (Å²) in [7, 11) is 7.99. The lowest BCUT2D eigenvalue weighted by molar-refractivity contribution is -0.684. The highest BCUT2D eigenvalue weighted by Gasteiger charge is 2.17. The molecule has 0 atom stereocenters. The third-order valence-corrected chi connectivity index (χ3v) is 4.33. The molecule has 0 bridgehead atoms. The summed E-state index contributed by atoms with van der Waals surface area (Å²) in [4.78, 5) is 4.02. The Bertz CT molecular complexity index is 890. The van der Waals surface area contributed by atoms with Crippen LogP contribution >= 0.6 is 0 Å². The van der Waals surface area contributed by atoms with Crippen LogP contribution in [0.25, 0.3) is 0 Å². The summed E-state index contributed by atoms with van der Waals surface area (Å²) in [6.07, 6.45) is 3.84. The normalized spacial score (nSPS) is 12.2. The van der Waals surface area contributed by atoms with Gasteiger partial charge >= 0.3 is 5.82 Å². The lowest BCUT2D eigenvalue weighted by atomic mass is 10.2. The summed E-state index contributed by atoms with van der Waals surface area (Å²) in [5.41, 5.74) is 2.13. The van der Waals surface area contributed by atoms with Crippen molar-refractivity contribution < 1.29 is 4.68 Å². The molecule has 0 fully saturated rings. The third kappa shape index (κ3) is 4.28. The molecule has 2 aromatic carbocycles. The summed E-state index contributed by atoms with van der Waals surface area (Å²) in [6, 6.07) is 20.3. The Balaban J connectivity index is 2.01. The van der Waals surface area contributed by atoms with E-state index in [4.69, 9.17) is 10.2 Å². The van der Waals surface area contributed by atoms with Gasteiger partial charge in [-0.2, -0.15) is 0 Å². The van der Waals surface area contributed by atoms with Gasteiger partial charge < -0.3 is 9.80 Å². The monoisotopic (exact) mass is 375 g/mol. The minimum absolute atomic E-state index is 0.881. The summed E-state index contributed by atoms with van der Waals surface area (Å²) in [5, 5.41) is 9.66. The Morgan fingerprint density at radius 2 is 1.29 bits per heavy atom. The number of imidazole rings is 1. The number of rotatable bonds is 4. The summed E-state index contributed by atoms with van der Waals surface area (Å²) < 4.78 is 3.70. The highest BCUT2D eigenvalue weighted by atomic mass is 15.5. The lowest BCUT2D eigenvalue weighted by Crippen LogP contribution is -2.36. The average Bonchev–Trinajstić information content (AvgIpc) is 3.04. The SMILES string of the molecule is Cc1n(N=C(c2ccccc2)N(C)C)cc[n+]1N=C(c1ccccc1)N(C)C. The molecule has 3 rings (SSSR count). The first-order valence-corrected chi connectivity index (χ1v) is 9.20. The van der Waals surface area contributed by atoms with Crippen LogP contribution in [-0.2, 0) is 0 Å². The number of benzene rings is 2. The highest BCUT2D eigenvalue weighted by Crippen LogP contribution is 2.07. The summed E-state index contributed by atoms with van der Waals surface area (Å²) in [5.74, 6) is 2.67. The Labute approximate surface area is 166 Å². The fraction of sp³-hybridized carbons (Fsp3) is 0.227. The molecule has 0 amide bonds.